The molecule has 1 fully saturated rings. The molecule has 3 rings (SSSR count). The van der Waals surface area contributed by atoms with E-state index in [2.05, 4.69) is 10.2 Å². The zero-order valence-electron chi connectivity index (χ0n) is 12.9. The first-order valence-electron chi connectivity index (χ1n) is 7.25. The van der Waals surface area contributed by atoms with E-state index in [-0.39, 0.29) is 23.6 Å². The number of amides is 1. The van der Waals surface area contributed by atoms with Gasteiger partial charge in [0.15, 0.2) is 9.84 Å². The molecule has 0 unspecified atom stereocenters. The molecule has 9 heteroatoms. The Labute approximate surface area is 138 Å². The zero-order valence-corrected chi connectivity index (χ0v) is 13.7. The summed E-state index contributed by atoms with van der Waals surface area (Å²) in [6.45, 7) is 0.716. The third kappa shape index (κ3) is 3.17. The number of hydrogen-bond acceptors (Lipinski definition) is 5. The largest absolute Gasteiger partial charge is 0.377 e. The van der Waals surface area contributed by atoms with E-state index in [0.717, 1.165) is 12.3 Å². The highest BCUT2D eigenvalue weighted by molar-refractivity contribution is 7.90. The van der Waals surface area contributed by atoms with Crippen LogP contribution in [0.3, 0.4) is 0 Å². The molecule has 0 saturated carbocycles. The smallest absolute Gasteiger partial charge is 0.254 e. The number of carbonyl (C=O) groups excluding carboxylic acids is 1. The van der Waals surface area contributed by atoms with Crippen LogP contribution in [0.15, 0.2) is 35.4 Å². The van der Waals surface area contributed by atoms with Crippen molar-refractivity contribution in [1.82, 2.24) is 15.1 Å². The van der Waals surface area contributed by atoms with E-state index in [1.54, 1.807) is 0 Å². The molecule has 1 aromatic heterocycles. The van der Waals surface area contributed by atoms with Crippen molar-refractivity contribution in [2.45, 2.75) is 10.9 Å². The molecule has 2 aromatic rings. The molecule has 1 N–H and O–H groups in total. The molecule has 1 saturated heterocycles. The van der Waals surface area contributed by atoms with E-state index in [0.29, 0.717) is 12.3 Å². The van der Waals surface area contributed by atoms with E-state index < -0.39 is 27.6 Å². The molecule has 0 aliphatic carbocycles. The summed E-state index contributed by atoms with van der Waals surface area (Å²) in [5.41, 5.74) is 0.490. The van der Waals surface area contributed by atoms with Crippen LogP contribution in [0.4, 0.5) is 4.39 Å². The summed E-state index contributed by atoms with van der Waals surface area (Å²) in [5.74, 6) is -0.902. The van der Waals surface area contributed by atoms with Crippen LogP contribution in [0.5, 0.6) is 0 Å². The van der Waals surface area contributed by atoms with Gasteiger partial charge < -0.3 is 9.64 Å². The number of benzene rings is 1. The summed E-state index contributed by atoms with van der Waals surface area (Å²) in [7, 11) is -3.51. The quantitative estimate of drug-likeness (QED) is 0.894. The maximum atomic E-state index is 13.4. The van der Waals surface area contributed by atoms with Crippen LogP contribution in [0.1, 0.15) is 22.1 Å². The summed E-state index contributed by atoms with van der Waals surface area (Å²) in [6.07, 6.45) is 2.29. The van der Waals surface area contributed by atoms with Gasteiger partial charge in [0.2, 0.25) is 0 Å². The van der Waals surface area contributed by atoms with Gasteiger partial charge in [-0.15, -0.1) is 0 Å². The van der Waals surface area contributed by atoms with Crippen LogP contribution in [0.25, 0.3) is 0 Å². The van der Waals surface area contributed by atoms with Gasteiger partial charge in [0.1, 0.15) is 10.7 Å². The van der Waals surface area contributed by atoms with E-state index in [9.17, 15) is 17.6 Å². The molecular weight excluding hydrogens is 337 g/mol. The summed E-state index contributed by atoms with van der Waals surface area (Å²) < 4.78 is 42.6. The van der Waals surface area contributed by atoms with Crippen molar-refractivity contribution in [2.24, 2.45) is 0 Å². The van der Waals surface area contributed by atoms with Crippen molar-refractivity contribution < 1.29 is 22.3 Å². The number of rotatable bonds is 3. The third-order valence-corrected chi connectivity index (χ3v) is 4.95. The molecule has 1 aromatic carbocycles. The minimum atomic E-state index is -3.51. The molecule has 7 nitrogen and oxygen atoms in total. The first kappa shape index (κ1) is 16.6. The topological polar surface area (TPSA) is 92.4 Å². The number of nitrogens with zero attached hydrogens (tertiary/aromatic N) is 2. The summed E-state index contributed by atoms with van der Waals surface area (Å²) in [5, 5.41) is 6.44. The zero-order chi connectivity index (χ0) is 17.3. The first-order valence-corrected chi connectivity index (χ1v) is 9.14. The number of carbonyl (C=O) groups is 1. The van der Waals surface area contributed by atoms with Gasteiger partial charge in [-0.25, -0.2) is 12.8 Å². The molecule has 128 valence electrons. The van der Waals surface area contributed by atoms with Gasteiger partial charge >= 0.3 is 0 Å². The van der Waals surface area contributed by atoms with Crippen molar-refractivity contribution in [3.8, 4) is 0 Å². The van der Waals surface area contributed by atoms with Gasteiger partial charge in [-0.05, 0) is 18.2 Å². The SMILES string of the molecule is CS(=O)(=O)c1cn[nH]c1[C@@H]1COCCN1C(=O)c1cccc(F)c1. The molecule has 1 aliphatic heterocycles. The molecule has 24 heavy (non-hydrogen) atoms. The fourth-order valence-electron chi connectivity index (χ4n) is 2.69. The maximum Gasteiger partial charge on any atom is 0.254 e. The minimum absolute atomic E-state index is 0.0232. The van der Waals surface area contributed by atoms with Crippen LogP contribution in [0, 0.1) is 5.82 Å². The number of morpholine rings is 1. The van der Waals surface area contributed by atoms with Crippen LogP contribution in [-0.2, 0) is 14.6 Å². The van der Waals surface area contributed by atoms with E-state index in [1.807, 2.05) is 0 Å². The van der Waals surface area contributed by atoms with Crippen molar-refractivity contribution in [2.75, 3.05) is 26.0 Å². The lowest BCUT2D eigenvalue weighted by Gasteiger charge is -2.35. The molecule has 1 aliphatic rings. The predicted octanol–water partition coefficient (Wildman–Crippen LogP) is 1.17. The normalized spacial score (nSPS) is 18.6. The van der Waals surface area contributed by atoms with Gasteiger partial charge in [-0.3, -0.25) is 9.89 Å². The first-order chi connectivity index (χ1) is 11.4. The highest BCUT2D eigenvalue weighted by Crippen LogP contribution is 2.29. The summed E-state index contributed by atoms with van der Waals surface area (Å²) in [6, 6.07) is 4.74. The molecule has 0 bridgehead atoms. The summed E-state index contributed by atoms with van der Waals surface area (Å²) >= 11 is 0. The highest BCUT2D eigenvalue weighted by atomic mass is 32.2. The second-order valence-corrected chi connectivity index (χ2v) is 7.50. The molecule has 2 heterocycles. The number of aromatic nitrogens is 2. The summed E-state index contributed by atoms with van der Waals surface area (Å²) in [4.78, 5) is 14.2. The Hall–Kier alpha value is -2.26. The van der Waals surface area contributed by atoms with Crippen molar-refractivity contribution >= 4 is 15.7 Å². The molecule has 1 atom stereocenters. The van der Waals surface area contributed by atoms with Gasteiger partial charge in [0.25, 0.3) is 5.91 Å². The number of halogens is 1. The Morgan fingerprint density at radius 3 is 2.96 bits per heavy atom. The maximum absolute atomic E-state index is 13.4. The van der Waals surface area contributed by atoms with Gasteiger partial charge in [-0.2, -0.15) is 5.10 Å². The third-order valence-electron chi connectivity index (χ3n) is 3.83. The average molecular weight is 353 g/mol. The van der Waals surface area contributed by atoms with E-state index in [1.165, 1.54) is 29.3 Å². The predicted molar refractivity (Wildman–Crippen MR) is 82.7 cm³/mol. The van der Waals surface area contributed by atoms with Crippen LogP contribution < -0.4 is 0 Å². The monoisotopic (exact) mass is 353 g/mol. The van der Waals surface area contributed by atoms with Crippen molar-refractivity contribution in [3.05, 3.63) is 47.5 Å². The Morgan fingerprint density at radius 1 is 1.46 bits per heavy atom. The standard InChI is InChI=1S/C15H16FN3O4S/c1-24(21,22)13-8-17-18-14(13)12-9-23-6-5-19(12)15(20)10-3-2-4-11(16)7-10/h2-4,7-8,12H,5-6,9H2,1H3,(H,17,18)/t12-/m0/s1. The molecular formula is C15H16FN3O4S. The van der Waals surface area contributed by atoms with Crippen molar-refractivity contribution in [3.63, 3.8) is 0 Å². The fourth-order valence-corrected chi connectivity index (χ4v) is 3.52. The number of aromatic amines is 1. The average Bonchev–Trinajstić information content (AvgIpc) is 3.04. The van der Waals surface area contributed by atoms with Gasteiger partial charge in [0, 0.05) is 18.4 Å². The van der Waals surface area contributed by atoms with E-state index >= 15 is 0 Å². The Balaban J connectivity index is 1.98. The van der Waals surface area contributed by atoms with Gasteiger partial charge in [-0.1, -0.05) is 6.07 Å². The minimum Gasteiger partial charge on any atom is -0.377 e. The van der Waals surface area contributed by atoms with Crippen molar-refractivity contribution in [1.29, 1.82) is 0 Å². The number of nitrogens with one attached hydrogen (secondary N) is 1. The number of ether oxygens (including phenoxy) is 1. The van der Waals surface area contributed by atoms with Gasteiger partial charge in [0.05, 0.1) is 31.1 Å². The molecule has 0 spiro atoms. The highest BCUT2D eigenvalue weighted by Gasteiger charge is 2.34. The van der Waals surface area contributed by atoms with Crippen LogP contribution >= 0.6 is 0 Å². The second-order valence-electron chi connectivity index (χ2n) is 5.52. The lowest BCUT2D eigenvalue weighted by Crippen LogP contribution is -2.44. The Bertz CT molecular complexity index is 865. The second kappa shape index (κ2) is 6.33. The van der Waals surface area contributed by atoms with Crippen LogP contribution in [-0.4, -0.2) is 55.4 Å². The number of H-pyrrole nitrogens is 1. The number of hydrogen-bond donors (Lipinski definition) is 1. The van der Waals surface area contributed by atoms with Crippen LogP contribution in [0.2, 0.25) is 0 Å². The lowest BCUT2D eigenvalue weighted by atomic mass is 10.1. The Kier molecular flexibility index (Phi) is 4.37. The molecule has 0 radical (unpaired) electrons. The fraction of sp³-hybridized carbons (Fsp3) is 0.333. The molecule has 1 amide bonds. The van der Waals surface area contributed by atoms with E-state index in [4.69, 9.17) is 4.74 Å². The lowest BCUT2D eigenvalue weighted by molar-refractivity contribution is -0.00470. The Morgan fingerprint density at radius 2 is 2.25 bits per heavy atom. The number of sulfone groups is 1.